The minimum absolute atomic E-state index is 0.147. The molecule has 21 heavy (non-hydrogen) atoms. The fraction of sp³-hybridized carbons (Fsp3) is 0.385. The lowest BCUT2D eigenvalue weighted by Gasteiger charge is -2.10. The molecule has 1 aliphatic rings. The molecule has 4 rings (SSSR count). The van der Waals surface area contributed by atoms with Crippen molar-refractivity contribution in [2.24, 2.45) is 0 Å². The first kappa shape index (κ1) is 12.5. The summed E-state index contributed by atoms with van der Waals surface area (Å²) < 4.78 is 1.72. The van der Waals surface area contributed by atoms with Crippen LogP contribution in [0.2, 0.25) is 0 Å². The molecule has 0 aliphatic heterocycles. The molecule has 0 spiro atoms. The standard InChI is InChI=1S/C13H14N6OS/c1-7(10-5-19-13(16-10)21-6-14-19)15-12(20)11-8-3-2-4-9(8)17-18-11/h5-7H,2-4H2,1H3,(H,15,20)(H,17,18). The number of carbonyl (C=O) groups excluding carboxylic acids is 1. The summed E-state index contributed by atoms with van der Waals surface area (Å²) in [6, 6.07) is -0.180. The SMILES string of the molecule is CC(NC(=O)c1n[nH]c2c1CCC2)c1cn2ncsc2n1. The summed E-state index contributed by atoms with van der Waals surface area (Å²) in [5, 5.41) is 14.2. The molecule has 3 aromatic rings. The third-order valence-corrected chi connectivity index (χ3v) is 4.51. The van der Waals surface area contributed by atoms with Crippen molar-refractivity contribution in [2.75, 3.05) is 0 Å². The number of aryl methyl sites for hydroxylation is 1. The molecule has 2 N–H and O–H groups in total. The van der Waals surface area contributed by atoms with Gasteiger partial charge in [-0.15, -0.1) is 0 Å². The predicted molar refractivity (Wildman–Crippen MR) is 77.4 cm³/mol. The Morgan fingerprint density at radius 3 is 3.29 bits per heavy atom. The first-order valence-electron chi connectivity index (χ1n) is 6.88. The first-order valence-corrected chi connectivity index (χ1v) is 7.76. The molecule has 108 valence electrons. The second-order valence-corrected chi connectivity index (χ2v) is 6.02. The van der Waals surface area contributed by atoms with E-state index in [0.717, 1.165) is 41.2 Å². The summed E-state index contributed by atoms with van der Waals surface area (Å²) in [5.41, 5.74) is 5.22. The molecule has 1 amide bonds. The van der Waals surface area contributed by atoms with Crippen LogP contribution in [0.4, 0.5) is 0 Å². The Balaban J connectivity index is 1.54. The van der Waals surface area contributed by atoms with E-state index in [2.05, 4.69) is 25.6 Å². The van der Waals surface area contributed by atoms with Gasteiger partial charge in [-0.2, -0.15) is 10.2 Å². The summed E-state index contributed by atoms with van der Waals surface area (Å²) in [4.78, 5) is 17.6. The molecule has 8 heteroatoms. The van der Waals surface area contributed by atoms with Crippen LogP contribution in [0.25, 0.3) is 4.96 Å². The molecular formula is C13H14N6OS. The van der Waals surface area contributed by atoms with E-state index < -0.39 is 0 Å². The highest BCUT2D eigenvalue weighted by Gasteiger charge is 2.24. The highest BCUT2D eigenvalue weighted by Crippen LogP contribution is 2.23. The number of aromatic nitrogens is 5. The van der Waals surface area contributed by atoms with E-state index in [0.29, 0.717) is 5.69 Å². The molecule has 1 unspecified atom stereocenters. The van der Waals surface area contributed by atoms with Crippen LogP contribution in [-0.2, 0) is 12.8 Å². The number of amides is 1. The van der Waals surface area contributed by atoms with Crippen molar-refractivity contribution in [3.05, 3.63) is 34.4 Å². The molecule has 3 heterocycles. The van der Waals surface area contributed by atoms with E-state index in [1.807, 2.05) is 13.1 Å². The van der Waals surface area contributed by atoms with Crippen LogP contribution in [0.15, 0.2) is 11.7 Å². The van der Waals surface area contributed by atoms with E-state index in [9.17, 15) is 4.79 Å². The predicted octanol–water partition coefficient (Wildman–Crippen LogP) is 1.49. The largest absolute Gasteiger partial charge is 0.342 e. The minimum atomic E-state index is -0.180. The Morgan fingerprint density at radius 2 is 2.43 bits per heavy atom. The van der Waals surface area contributed by atoms with Gasteiger partial charge in [-0.25, -0.2) is 9.50 Å². The Hall–Kier alpha value is -2.22. The molecule has 0 aromatic carbocycles. The number of nitrogens with zero attached hydrogens (tertiary/aromatic N) is 4. The van der Waals surface area contributed by atoms with Gasteiger partial charge in [0.25, 0.3) is 5.91 Å². The number of rotatable bonds is 3. The average Bonchev–Trinajstić information content (AvgIpc) is 3.17. The number of aromatic amines is 1. The molecular weight excluding hydrogens is 288 g/mol. The van der Waals surface area contributed by atoms with Crippen LogP contribution in [0.3, 0.4) is 0 Å². The van der Waals surface area contributed by atoms with E-state index in [4.69, 9.17) is 0 Å². The third-order valence-electron chi connectivity index (χ3n) is 3.82. The summed E-state index contributed by atoms with van der Waals surface area (Å²) in [7, 11) is 0. The van der Waals surface area contributed by atoms with Crippen LogP contribution in [0.5, 0.6) is 0 Å². The van der Waals surface area contributed by atoms with Gasteiger partial charge in [0.05, 0.1) is 17.9 Å². The molecule has 3 aromatic heterocycles. The third kappa shape index (κ3) is 2.02. The maximum atomic E-state index is 12.4. The van der Waals surface area contributed by atoms with Gasteiger partial charge < -0.3 is 5.32 Å². The zero-order valence-electron chi connectivity index (χ0n) is 11.5. The van der Waals surface area contributed by atoms with Crippen molar-refractivity contribution in [1.29, 1.82) is 0 Å². The van der Waals surface area contributed by atoms with Crippen LogP contribution in [0.1, 0.15) is 46.8 Å². The highest BCUT2D eigenvalue weighted by molar-refractivity contribution is 7.14. The monoisotopic (exact) mass is 302 g/mol. The van der Waals surface area contributed by atoms with Crippen molar-refractivity contribution in [3.8, 4) is 0 Å². The number of H-pyrrole nitrogens is 1. The number of carbonyl (C=O) groups is 1. The molecule has 0 bridgehead atoms. The quantitative estimate of drug-likeness (QED) is 0.767. The molecule has 0 saturated heterocycles. The zero-order valence-corrected chi connectivity index (χ0v) is 12.3. The van der Waals surface area contributed by atoms with E-state index >= 15 is 0 Å². The minimum Gasteiger partial charge on any atom is -0.342 e. The maximum absolute atomic E-state index is 12.4. The Labute approximate surface area is 124 Å². The lowest BCUT2D eigenvalue weighted by Crippen LogP contribution is -2.28. The van der Waals surface area contributed by atoms with Crippen molar-refractivity contribution < 1.29 is 4.79 Å². The topological polar surface area (TPSA) is 88.0 Å². The number of hydrogen-bond acceptors (Lipinski definition) is 5. The van der Waals surface area contributed by atoms with Crippen molar-refractivity contribution in [1.82, 2.24) is 30.1 Å². The van der Waals surface area contributed by atoms with Crippen molar-refractivity contribution in [2.45, 2.75) is 32.2 Å². The molecule has 0 radical (unpaired) electrons. The summed E-state index contributed by atoms with van der Waals surface area (Å²) in [6.45, 7) is 1.91. The molecule has 0 fully saturated rings. The summed E-state index contributed by atoms with van der Waals surface area (Å²) in [5.74, 6) is -0.147. The summed E-state index contributed by atoms with van der Waals surface area (Å²) in [6.07, 6.45) is 4.83. The lowest BCUT2D eigenvalue weighted by molar-refractivity contribution is 0.0933. The van der Waals surface area contributed by atoms with Gasteiger partial charge in [-0.1, -0.05) is 11.3 Å². The molecule has 1 aliphatic carbocycles. The van der Waals surface area contributed by atoms with Crippen LogP contribution in [0, 0.1) is 0 Å². The van der Waals surface area contributed by atoms with Gasteiger partial charge >= 0.3 is 0 Å². The van der Waals surface area contributed by atoms with Gasteiger partial charge in [0.2, 0.25) is 4.96 Å². The van der Waals surface area contributed by atoms with Gasteiger partial charge in [0, 0.05) is 11.3 Å². The van der Waals surface area contributed by atoms with E-state index in [1.165, 1.54) is 11.3 Å². The second kappa shape index (κ2) is 4.66. The number of nitrogens with one attached hydrogen (secondary N) is 2. The Kier molecular flexibility index (Phi) is 2.78. The molecule has 0 saturated carbocycles. The fourth-order valence-electron chi connectivity index (χ4n) is 2.71. The Morgan fingerprint density at radius 1 is 1.52 bits per heavy atom. The van der Waals surface area contributed by atoms with Crippen LogP contribution >= 0.6 is 11.3 Å². The number of fused-ring (bicyclic) bond motifs is 2. The summed E-state index contributed by atoms with van der Waals surface area (Å²) >= 11 is 1.47. The van der Waals surface area contributed by atoms with E-state index in [1.54, 1.807) is 10.0 Å². The molecule has 7 nitrogen and oxygen atoms in total. The smallest absolute Gasteiger partial charge is 0.272 e. The van der Waals surface area contributed by atoms with Crippen LogP contribution in [-0.4, -0.2) is 30.7 Å². The highest BCUT2D eigenvalue weighted by atomic mass is 32.1. The van der Waals surface area contributed by atoms with Gasteiger partial charge in [0.1, 0.15) is 5.51 Å². The second-order valence-electron chi connectivity index (χ2n) is 5.21. The average molecular weight is 302 g/mol. The molecule has 1 atom stereocenters. The maximum Gasteiger partial charge on any atom is 0.272 e. The number of hydrogen-bond donors (Lipinski definition) is 2. The lowest BCUT2D eigenvalue weighted by atomic mass is 10.1. The zero-order chi connectivity index (χ0) is 14.4. The fourth-order valence-corrected chi connectivity index (χ4v) is 3.32. The van der Waals surface area contributed by atoms with Crippen molar-refractivity contribution >= 4 is 22.2 Å². The number of imidazole rings is 1. The van der Waals surface area contributed by atoms with Crippen molar-refractivity contribution in [3.63, 3.8) is 0 Å². The van der Waals surface area contributed by atoms with E-state index in [-0.39, 0.29) is 11.9 Å². The van der Waals surface area contributed by atoms with Gasteiger partial charge in [-0.05, 0) is 26.2 Å². The first-order chi connectivity index (χ1) is 10.2. The van der Waals surface area contributed by atoms with Gasteiger partial charge in [-0.3, -0.25) is 9.89 Å². The normalized spacial score (nSPS) is 15.3. The van der Waals surface area contributed by atoms with Gasteiger partial charge in [0.15, 0.2) is 5.69 Å². The Bertz CT molecular complexity index is 787. The van der Waals surface area contributed by atoms with Crippen LogP contribution < -0.4 is 5.32 Å².